The molecule has 0 saturated carbocycles. The molecule has 1 N–H and O–H groups in total. The third-order valence-electron chi connectivity index (χ3n) is 5.64. The molecular weight excluding hydrogens is 384 g/mol. The molecule has 0 bridgehead atoms. The fourth-order valence-corrected chi connectivity index (χ4v) is 5.71. The molecule has 2 aliphatic rings. The van der Waals surface area contributed by atoms with E-state index in [-0.39, 0.29) is 6.04 Å². The summed E-state index contributed by atoms with van der Waals surface area (Å²) in [5.74, 6) is 0. The second-order valence-corrected chi connectivity index (χ2v) is 9.51. The predicted octanol–water partition coefficient (Wildman–Crippen LogP) is 2.81. The van der Waals surface area contributed by atoms with Crippen LogP contribution in [0.5, 0.6) is 0 Å². The fourth-order valence-electron chi connectivity index (χ4n) is 4.24. The van der Waals surface area contributed by atoms with Crippen LogP contribution in [-0.2, 0) is 23.2 Å². The summed E-state index contributed by atoms with van der Waals surface area (Å²) >= 11 is 0. The maximum atomic E-state index is 12.9. The lowest BCUT2D eigenvalue weighted by molar-refractivity contribution is 0.337. The highest BCUT2D eigenvalue weighted by atomic mass is 32.2. The van der Waals surface area contributed by atoms with Crippen LogP contribution in [0.2, 0.25) is 0 Å². The van der Waals surface area contributed by atoms with Gasteiger partial charge >= 0.3 is 0 Å². The largest absolute Gasteiger partial charge is 0.365 e. The second kappa shape index (κ2) is 8.54. The minimum atomic E-state index is -3.51. The van der Waals surface area contributed by atoms with E-state index in [4.69, 9.17) is 0 Å². The third kappa shape index (κ3) is 4.61. The Morgan fingerprint density at radius 3 is 2.55 bits per heavy atom. The molecule has 1 unspecified atom stereocenters. The highest BCUT2D eigenvalue weighted by Gasteiger charge is 2.31. The van der Waals surface area contributed by atoms with Gasteiger partial charge in [0.2, 0.25) is 0 Å². The Morgan fingerprint density at radius 2 is 1.83 bits per heavy atom. The average Bonchev–Trinajstić information content (AvgIpc) is 2.74. The van der Waals surface area contributed by atoms with Crippen LogP contribution in [0.1, 0.15) is 36.0 Å². The van der Waals surface area contributed by atoms with E-state index >= 15 is 0 Å². The van der Waals surface area contributed by atoms with Gasteiger partial charge in [-0.1, -0.05) is 36.8 Å². The molecule has 0 radical (unpaired) electrons. The number of rotatable bonds is 5. The Morgan fingerprint density at radius 1 is 1.07 bits per heavy atom. The van der Waals surface area contributed by atoms with Crippen molar-refractivity contribution in [2.75, 3.05) is 24.5 Å². The van der Waals surface area contributed by atoms with Crippen LogP contribution in [0.25, 0.3) is 0 Å². The first-order chi connectivity index (χ1) is 14.0. The molecule has 7 heteroatoms. The Labute approximate surface area is 172 Å². The zero-order valence-electron chi connectivity index (χ0n) is 16.4. The summed E-state index contributed by atoms with van der Waals surface area (Å²) in [6.07, 6.45) is 3.51. The summed E-state index contributed by atoms with van der Waals surface area (Å²) < 4.78 is 30.3. The van der Waals surface area contributed by atoms with Crippen molar-refractivity contribution in [3.63, 3.8) is 0 Å². The molecule has 0 aliphatic carbocycles. The number of nitrogens with one attached hydrogen (secondary N) is 1. The van der Waals surface area contributed by atoms with E-state index in [1.807, 2.05) is 36.4 Å². The Kier molecular flexibility index (Phi) is 5.86. The Bertz CT molecular complexity index is 995. The number of piperidine rings is 1. The SMILES string of the molecule is N#Cc1ccc2c(c1)CC(NS(=O)(=O)N1CCCCC1)CN2Cc1ccccc1. The molecule has 6 nitrogen and oxygen atoms in total. The Balaban J connectivity index is 1.58. The van der Waals surface area contributed by atoms with Crippen molar-refractivity contribution in [2.45, 2.75) is 38.3 Å². The molecule has 152 valence electrons. The van der Waals surface area contributed by atoms with Gasteiger partial charge in [-0.15, -0.1) is 0 Å². The van der Waals surface area contributed by atoms with Crippen LogP contribution < -0.4 is 9.62 Å². The minimum Gasteiger partial charge on any atom is -0.365 e. The molecule has 1 fully saturated rings. The van der Waals surface area contributed by atoms with Crippen LogP contribution in [0.15, 0.2) is 48.5 Å². The molecule has 0 amide bonds. The zero-order valence-corrected chi connectivity index (χ0v) is 17.2. The summed E-state index contributed by atoms with van der Waals surface area (Å²) in [4.78, 5) is 2.21. The highest BCUT2D eigenvalue weighted by molar-refractivity contribution is 7.87. The molecule has 2 aromatic carbocycles. The van der Waals surface area contributed by atoms with Crippen molar-refractivity contribution in [1.82, 2.24) is 9.03 Å². The number of nitrogens with zero attached hydrogens (tertiary/aromatic N) is 3. The summed E-state index contributed by atoms with van der Waals surface area (Å²) in [7, 11) is -3.51. The molecule has 2 aliphatic heterocycles. The van der Waals surface area contributed by atoms with Crippen molar-refractivity contribution in [3.05, 3.63) is 65.2 Å². The topological polar surface area (TPSA) is 76.4 Å². The van der Waals surface area contributed by atoms with E-state index in [0.717, 1.165) is 30.5 Å². The Hall–Kier alpha value is -2.40. The van der Waals surface area contributed by atoms with Crippen molar-refractivity contribution in [3.8, 4) is 6.07 Å². The van der Waals surface area contributed by atoms with Gasteiger partial charge in [-0.3, -0.25) is 0 Å². The first kappa shape index (κ1) is 19.9. The third-order valence-corrected chi connectivity index (χ3v) is 7.32. The molecule has 1 saturated heterocycles. The monoisotopic (exact) mass is 410 g/mol. The number of benzene rings is 2. The van der Waals surface area contributed by atoms with E-state index < -0.39 is 10.2 Å². The zero-order chi connectivity index (χ0) is 20.3. The molecule has 2 heterocycles. The van der Waals surface area contributed by atoms with Crippen LogP contribution in [-0.4, -0.2) is 38.4 Å². The number of anilines is 1. The van der Waals surface area contributed by atoms with Crippen LogP contribution in [0, 0.1) is 11.3 Å². The van der Waals surface area contributed by atoms with Gasteiger partial charge in [-0.05, 0) is 48.6 Å². The van der Waals surface area contributed by atoms with Crippen molar-refractivity contribution < 1.29 is 8.42 Å². The van der Waals surface area contributed by atoms with Crippen LogP contribution in [0.4, 0.5) is 5.69 Å². The van der Waals surface area contributed by atoms with Crippen molar-refractivity contribution in [2.24, 2.45) is 0 Å². The molecule has 0 spiro atoms. The van der Waals surface area contributed by atoms with Crippen LogP contribution >= 0.6 is 0 Å². The van der Waals surface area contributed by atoms with E-state index in [2.05, 4.69) is 27.8 Å². The lowest BCUT2D eigenvalue weighted by Gasteiger charge is -2.37. The van der Waals surface area contributed by atoms with E-state index in [1.165, 1.54) is 5.56 Å². The van der Waals surface area contributed by atoms with Gasteiger partial charge in [0.25, 0.3) is 10.2 Å². The lowest BCUT2D eigenvalue weighted by atomic mass is 9.96. The van der Waals surface area contributed by atoms with Gasteiger partial charge in [0.1, 0.15) is 0 Å². The molecular formula is C22H26N4O2S. The number of hydrogen-bond donors (Lipinski definition) is 1. The molecule has 0 aromatic heterocycles. The maximum absolute atomic E-state index is 12.9. The summed E-state index contributed by atoms with van der Waals surface area (Å²) in [6.45, 7) is 2.47. The van der Waals surface area contributed by atoms with Gasteiger partial charge in [0.05, 0.1) is 11.6 Å². The normalized spacial score (nSPS) is 20.1. The first-order valence-electron chi connectivity index (χ1n) is 10.1. The van der Waals surface area contributed by atoms with Gasteiger partial charge in [0.15, 0.2) is 0 Å². The van der Waals surface area contributed by atoms with Gasteiger partial charge in [-0.25, -0.2) is 0 Å². The maximum Gasteiger partial charge on any atom is 0.279 e. The summed E-state index contributed by atoms with van der Waals surface area (Å²) in [5.41, 5.74) is 3.85. The quantitative estimate of drug-likeness (QED) is 0.822. The molecule has 4 rings (SSSR count). The average molecular weight is 411 g/mol. The second-order valence-electron chi connectivity index (χ2n) is 7.81. The number of nitriles is 1. The standard InChI is InChI=1S/C22H26N4O2S/c23-15-19-9-10-22-20(13-19)14-21(17-25(22)16-18-7-3-1-4-8-18)24-29(27,28)26-11-5-2-6-12-26/h1,3-4,7-10,13,21,24H,2,5-6,11-12,14,16-17H2. The number of fused-ring (bicyclic) bond motifs is 1. The van der Waals surface area contributed by atoms with Gasteiger partial charge < -0.3 is 4.90 Å². The smallest absolute Gasteiger partial charge is 0.279 e. The summed E-state index contributed by atoms with van der Waals surface area (Å²) in [5, 5.41) is 9.28. The number of hydrogen-bond acceptors (Lipinski definition) is 4. The highest BCUT2D eigenvalue weighted by Crippen LogP contribution is 2.30. The fraction of sp³-hybridized carbons (Fsp3) is 0.409. The first-order valence-corrected chi connectivity index (χ1v) is 11.6. The molecule has 1 atom stereocenters. The molecule has 29 heavy (non-hydrogen) atoms. The van der Waals surface area contributed by atoms with E-state index in [0.29, 0.717) is 38.2 Å². The lowest BCUT2D eigenvalue weighted by Crippen LogP contribution is -2.53. The summed E-state index contributed by atoms with van der Waals surface area (Å²) in [6, 6.07) is 17.8. The van der Waals surface area contributed by atoms with Crippen molar-refractivity contribution in [1.29, 1.82) is 5.26 Å². The minimum absolute atomic E-state index is 0.230. The predicted molar refractivity (Wildman–Crippen MR) is 114 cm³/mol. The van der Waals surface area contributed by atoms with Gasteiger partial charge in [0, 0.05) is 37.9 Å². The van der Waals surface area contributed by atoms with Crippen molar-refractivity contribution >= 4 is 15.9 Å². The van der Waals surface area contributed by atoms with E-state index in [9.17, 15) is 13.7 Å². The van der Waals surface area contributed by atoms with Gasteiger partial charge in [-0.2, -0.15) is 22.7 Å². The molecule has 2 aromatic rings. The van der Waals surface area contributed by atoms with Crippen LogP contribution in [0.3, 0.4) is 0 Å². The van der Waals surface area contributed by atoms with E-state index in [1.54, 1.807) is 4.31 Å².